The molecule has 2 aromatic carbocycles. The molecule has 10 heteroatoms. The number of carbonyl (C=O) groups is 1. The minimum absolute atomic E-state index is 0.0439. The van der Waals surface area contributed by atoms with E-state index < -0.39 is 17.3 Å². The van der Waals surface area contributed by atoms with E-state index in [4.69, 9.17) is 16.1 Å². The third-order valence-electron chi connectivity index (χ3n) is 5.69. The zero-order valence-electron chi connectivity index (χ0n) is 18.9. The van der Waals surface area contributed by atoms with Crippen LogP contribution >= 0.6 is 11.6 Å². The quantitative estimate of drug-likeness (QED) is 0.260. The second-order valence-corrected chi connectivity index (χ2v) is 8.40. The molecule has 35 heavy (non-hydrogen) atoms. The van der Waals surface area contributed by atoms with Gasteiger partial charge in [0.15, 0.2) is 11.6 Å². The predicted molar refractivity (Wildman–Crippen MR) is 124 cm³/mol. The Morgan fingerprint density at radius 1 is 1.20 bits per heavy atom. The van der Waals surface area contributed by atoms with Crippen LogP contribution in [0.4, 0.5) is 13.2 Å². The van der Waals surface area contributed by atoms with Crippen molar-refractivity contribution >= 4 is 28.3 Å². The molecule has 0 N–H and O–H groups in total. The van der Waals surface area contributed by atoms with Crippen molar-refractivity contribution in [2.75, 3.05) is 0 Å². The van der Waals surface area contributed by atoms with Gasteiger partial charge in [-0.3, -0.25) is 4.79 Å². The Bertz CT molecular complexity index is 1460. The number of benzene rings is 2. The number of rotatable bonds is 7. The van der Waals surface area contributed by atoms with E-state index in [9.17, 15) is 23.2 Å². The summed E-state index contributed by atoms with van der Waals surface area (Å²) in [7, 11) is 0. The molecule has 6 nitrogen and oxygen atoms in total. The van der Waals surface area contributed by atoms with Gasteiger partial charge in [0.1, 0.15) is 0 Å². The highest BCUT2D eigenvalue weighted by atomic mass is 35.5. The van der Waals surface area contributed by atoms with Gasteiger partial charge in [0.25, 0.3) is 5.89 Å². The molecule has 0 aliphatic heterocycles. The highest BCUT2D eigenvalue weighted by Crippen LogP contribution is 2.39. The van der Waals surface area contributed by atoms with E-state index in [0.29, 0.717) is 46.6 Å². The first-order chi connectivity index (χ1) is 16.7. The summed E-state index contributed by atoms with van der Waals surface area (Å²) in [4.78, 5) is 16.5. The Kier molecular flexibility index (Phi) is 6.68. The van der Waals surface area contributed by atoms with Crippen LogP contribution in [0.25, 0.3) is 22.4 Å². The zero-order chi connectivity index (χ0) is 25.3. The molecule has 0 unspecified atom stereocenters. The fourth-order valence-electron chi connectivity index (χ4n) is 4.07. The van der Waals surface area contributed by atoms with Crippen LogP contribution in [0.3, 0.4) is 0 Å². The van der Waals surface area contributed by atoms with E-state index >= 15 is 0 Å². The van der Waals surface area contributed by atoms with E-state index in [-0.39, 0.29) is 29.4 Å². The Hall–Kier alpha value is -3.64. The van der Waals surface area contributed by atoms with Gasteiger partial charge in [-0.05, 0) is 42.8 Å². The molecular weight excluding hydrogens is 481 g/mol. The average Bonchev–Trinajstić information content (AvgIpc) is 3.42. The SMILES string of the molecule is CCCc1cc2c(C(F)(F)F)c(C#N)ccc2n1Cc1noc(-c2cc(C(=O)CC)ccc2Cl)n1. The number of hydrogen-bond acceptors (Lipinski definition) is 5. The molecule has 0 spiro atoms. The lowest BCUT2D eigenvalue weighted by atomic mass is 10.0. The zero-order valence-corrected chi connectivity index (χ0v) is 19.7. The highest BCUT2D eigenvalue weighted by Gasteiger charge is 2.36. The van der Waals surface area contributed by atoms with E-state index in [1.54, 1.807) is 35.8 Å². The second-order valence-electron chi connectivity index (χ2n) is 7.99. The predicted octanol–water partition coefficient (Wildman–Crippen LogP) is 6.83. The van der Waals surface area contributed by atoms with E-state index in [2.05, 4.69) is 10.1 Å². The molecular formula is C25H20ClF3N4O2. The monoisotopic (exact) mass is 500 g/mol. The Morgan fingerprint density at radius 2 is 1.97 bits per heavy atom. The number of Topliss-reactive ketones (excluding diaryl/α,β-unsaturated/α-hetero) is 1. The van der Waals surface area contributed by atoms with Crippen molar-refractivity contribution in [3.8, 4) is 17.5 Å². The standard InChI is InChI=1S/C25H20ClF3N4O2/c1-3-5-16-11-18-20(9-7-15(12-30)23(18)25(27,28)29)33(16)13-22-31-24(35-32-22)17-10-14(21(34)4-2)6-8-19(17)26/h6-11H,3-5,13H2,1-2H3. The van der Waals surface area contributed by atoms with Gasteiger partial charge in [0, 0.05) is 28.6 Å². The van der Waals surface area contributed by atoms with Crippen LogP contribution in [0.15, 0.2) is 40.9 Å². The minimum atomic E-state index is -4.68. The van der Waals surface area contributed by atoms with E-state index in [0.717, 1.165) is 0 Å². The van der Waals surface area contributed by atoms with Gasteiger partial charge in [-0.25, -0.2) is 0 Å². The van der Waals surface area contributed by atoms with Crippen LogP contribution in [0.1, 0.15) is 59.7 Å². The number of halogens is 4. The molecule has 0 aliphatic carbocycles. The topological polar surface area (TPSA) is 84.7 Å². The van der Waals surface area contributed by atoms with Crippen LogP contribution in [0.5, 0.6) is 0 Å². The number of carbonyl (C=O) groups excluding carboxylic acids is 1. The van der Waals surface area contributed by atoms with Crippen LogP contribution < -0.4 is 0 Å². The van der Waals surface area contributed by atoms with Gasteiger partial charge in [0.2, 0.25) is 0 Å². The van der Waals surface area contributed by atoms with Gasteiger partial charge < -0.3 is 9.09 Å². The fraction of sp³-hybridized carbons (Fsp3) is 0.280. The van der Waals surface area contributed by atoms with Crippen molar-refractivity contribution in [3.05, 3.63) is 69.6 Å². The number of aromatic nitrogens is 3. The summed E-state index contributed by atoms with van der Waals surface area (Å²) in [6, 6.07) is 10.6. The maximum atomic E-state index is 13.8. The number of hydrogen-bond donors (Lipinski definition) is 0. The van der Waals surface area contributed by atoms with Gasteiger partial charge in [0.05, 0.1) is 34.3 Å². The maximum Gasteiger partial charge on any atom is 0.418 e. The number of aryl methyl sites for hydroxylation is 1. The van der Waals surface area contributed by atoms with Crippen LogP contribution in [-0.4, -0.2) is 20.5 Å². The number of alkyl halides is 3. The molecule has 2 heterocycles. The first-order valence-corrected chi connectivity index (χ1v) is 11.3. The third-order valence-corrected chi connectivity index (χ3v) is 6.02. The van der Waals surface area contributed by atoms with Crippen LogP contribution in [0, 0.1) is 11.3 Å². The molecule has 0 aliphatic rings. The van der Waals surface area contributed by atoms with E-state index in [1.165, 1.54) is 18.2 Å². The summed E-state index contributed by atoms with van der Waals surface area (Å²) in [5, 5.41) is 13.5. The molecule has 0 saturated carbocycles. The van der Waals surface area contributed by atoms with Gasteiger partial charge in [-0.1, -0.05) is 37.0 Å². The largest absolute Gasteiger partial charge is 0.418 e. The summed E-state index contributed by atoms with van der Waals surface area (Å²) in [5.74, 6) is 0.269. The smallest absolute Gasteiger partial charge is 0.337 e. The van der Waals surface area contributed by atoms with Crippen molar-refractivity contribution in [1.29, 1.82) is 5.26 Å². The van der Waals surface area contributed by atoms with Crippen LogP contribution in [0.2, 0.25) is 5.02 Å². The molecule has 4 aromatic rings. The number of nitriles is 1. The van der Waals surface area contributed by atoms with Gasteiger partial charge in [-0.2, -0.15) is 23.4 Å². The Balaban J connectivity index is 1.78. The third kappa shape index (κ3) is 4.66. The highest BCUT2D eigenvalue weighted by molar-refractivity contribution is 6.33. The molecule has 2 aromatic heterocycles. The summed E-state index contributed by atoms with van der Waals surface area (Å²) in [6.45, 7) is 3.73. The van der Waals surface area contributed by atoms with Gasteiger partial charge in [-0.15, -0.1) is 0 Å². The Morgan fingerprint density at radius 3 is 2.63 bits per heavy atom. The lowest BCUT2D eigenvalue weighted by Crippen LogP contribution is -2.09. The molecule has 0 saturated heterocycles. The molecule has 0 atom stereocenters. The number of ketones is 1. The van der Waals surface area contributed by atoms with Gasteiger partial charge >= 0.3 is 6.18 Å². The van der Waals surface area contributed by atoms with Crippen molar-refractivity contribution in [2.24, 2.45) is 0 Å². The molecule has 0 radical (unpaired) electrons. The minimum Gasteiger partial charge on any atom is -0.337 e. The Labute approximate surface area is 203 Å². The maximum absolute atomic E-state index is 13.8. The fourth-order valence-corrected chi connectivity index (χ4v) is 4.27. The summed E-state index contributed by atoms with van der Waals surface area (Å²) < 4.78 is 48.6. The van der Waals surface area contributed by atoms with Crippen molar-refractivity contribution in [1.82, 2.24) is 14.7 Å². The van der Waals surface area contributed by atoms with E-state index in [1.807, 2.05) is 6.92 Å². The van der Waals surface area contributed by atoms with Crippen LogP contribution in [-0.2, 0) is 19.1 Å². The number of nitrogens with zero attached hydrogens (tertiary/aromatic N) is 4. The second kappa shape index (κ2) is 9.55. The van der Waals surface area contributed by atoms with Crippen molar-refractivity contribution in [2.45, 2.75) is 45.8 Å². The first-order valence-electron chi connectivity index (χ1n) is 11.0. The number of fused-ring (bicyclic) bond motifs is 1. The van der Waals surface area contributed by atoms with Crippen molar-refractivity contribution in [3.63, 3.8) is 0 Å². The molecule has 180 valence electrons. The normalized spacial score (nSPS) is 11.7. The molecule has 0 fully saturated rings. The summed E-state index contributed by atoms with van der Waals surface area (Å²) in [6.07, 6.45) is -3.14. The summed E-state index contributed by atoms with van der Waals surface area (Å²) in [5.41, 5.74) is 0.452. The lowest BCUT2D eigenvalue weighted by Gasteiger charge is -2.11. The molecule has 4 rings (SSSR count). The molecule has 0 amide bonds. The van der Waals surface area contributed by atoms with Crippen molar-refractivity contribution < 1.29 is 22.5 Å². The first kappa shape index (κ1) is 24.5. The molecule has 0 bridgehead atoms. The lowest BCUT2D eigenvalue weighted by molar-refractivity contribution is -0.136. The average molecular weight is 501 g/mol. The summed E-state index contributed by atoms with van der Waals surface area (Å²) >= 11 is 6.29.